The van der Waals surface area contributed by atoms with E-state index in [0.717, 1.165) is 47.4 Å². The zero-order valence-electron chi connectivity index (χ0n) is 22.8. The van der Waals surface area contributed by atoms with Crippen LogP contribution >= 0.6 is 12.4 Å². The number of halogens is 1. The molecule has 1 aliphatic heterocycles. The van der Waals surface area contributed by atoms with Crippen LogP contribution in [0.1, 0.15) is 40.4 Å². The molecule has 10 heteroatoms. The Kier molecular flexibility index (Phi) is 8.88. The van der Waals surface area contributed by atoms with Gasteiger partial charge in [0.15, 0.2) is 5.65 Å². The zero-order chi connectivity index (χ0) is 27.7. The summed E-state index contributed by atoms with van der Waals surface area (Å²) < 4.78 is 0. The van der Waals surface area contributed by atoms with Gasteiger partial charge in [-0.2, -0.15) is 0 Å². The number of aliphatic hydroxyl groups is 1. The standard InChI is InChI=1S/C30H33N5O4.ClH/c1-18-12-23(13-22-8-10-35(17-25(18)22)11-9-27(37)38)26-15-32-29-28(33-26)24(14-31-29)20-4-6-21(7-5-20)30(39)34(3)16-19(2)36;/h4-7,12-15,19,36H,8-11,16-17H2,1-3H3,(H,31,32)(H,37,38);1H/t19-;/m0./s1. The summed E-state index contributed by atoms with van der Waals surface area (Å²) in [6, 6.07) is 11.7. The Morgan fingerprint density at radius 2 is 1.93 bits per heavy atom. The molecule has 0 spiro atoms. The molecular weight excluding hydrogens is 530 g/mol. The second kappa shape index (κ2) is 12.2. The number of nitrogens with one attached hydrogen (secondary N) is 1. The van der Waals surface area contributed by atoms with E-state index < -0.39 is 12.1 Å². The minimum Gasteiger partial charge on any atom is -0.481 e. The number of hydrogen-bond donors (Lipinski definition) is 3. The third-order valence-electron chi connectivity index (χ3n) is 7.29. The van der Waals surface area contributed by atoms with Gasteiger partial charge in [0.2, 0.25) is 0 Å². The Bertz CT molecular complexity index is 1530. The fraction of sp³-hybridized carbons (Fsp3) is 0.333. The highest BCUT2D eigenvalue weighted by Crippen LogP contribution is 2.32. The number of carboxylic acid groups (broad SMARTS) is 1. The third-order valence-corrected chi connectivity index (χ3v) is 7.29. The number of hydrogen-bond acceptors (Lipinski definition) is 6. The molecule has 1 atom stereocenters. The average molecular weight is 564 g/mol. The smallest absolute Gasteiger partial charge is 0.304 e. The van der Waals surface area contributed by atoms with Gasteiger partial charge in [-0.3, -0.25) is 14.5 Å². The maximum atomic E-state index is 12.7. The summed E-state index contributed by atoms with van der Waals surface area (Å²) in [5.41, 5.74) is 9.32. The predicted molar refractivity (Wildman–Crippen MR) is 157 cm³/mol. The molecular formula is C30H34ClN5O4. The summed E-state index contributed by atoms with van der Waals surface area (Å²) in [5.74, 6) is -0.910. The first-order valence-corrected chi connectivity index (χ1v) is 13.1. The third kappa shape index (κ3) is 6.17. The number of H-pyrrole nitrogens is 1. The van der Waals surface area contributed by atoms with E-state index in [9.17, 15) is 14.7 Å². The van der Waals surface area contributed by atoms with Gasteiger partial charge in [0.05, 0.1) is 24.4 Å². The number of likely N-dealkylation sites (N-methyl/N-ethyl adjacent to an activating group) is 1. The first kappa shape index (κ1) is 29.2. The van der Waals surface area contributed by atoms with Gasteiger partial charge in [0.1, 0.15) is 5.52 Å². The Balaban J connectivity index is 0.00000370. The average Bonchev–Trinajstić information content (AvgIpc) is 3.34. The van der Waals surface area contributed by atoms with Gasteiger partial charge in [0, 0.05) is 56.1 Å². The van der Waals surface area contributed by atoms with Crippen LogP contribution < -0.4 is 0 Å². The van der Waals surface area contributed by atoms with E-state index in [0.29, 0.717) is 17.8 Å². The number of benzene rings is 2. The number of aliphatic hydroxyl groups excluding tert-OH is 1. The molecule has 2 aromatic carbocycles. The number of fused-ring (bicyclic) bond motifs is 2. The molecule has 9 nitrogen and oxygen atoms in total. The fourth-order valence-electron chi connectivity index (χ4n) is 5.26. The number of carboxylic acids is 1. The van der Waals surface area contributed by atoms with Crippen molar-refractivity contribution in [2.75, 3.05) is 26.7 Å². The summed E-state index contributed by atoms with van der Waals surface area (Å²) in [7, 11) is 1.68. The molecule has 210 valence electrons. The predicted octanol–water partition coefficient (Wildman–Crippen LogP) is 4.31. The maximum absolute atomic E-state index is 12.7. The van der Waals surface area contributed by atoms with Gasteiger partial charge < -0.3 is 20.1 Å². The largest absolute Gasteiger partial charge is 0.481 e. The number of nitrogens with zero attached hydrogens (tertiary/aromatic N) is 4. The topological polar surface area (TPSA) is 123 Å². The molecule has 0 aliphatic carbocycles. The van der Waals surface area contributed by atoms with Crippen LogP contribution in [0.4, 0.5) is 0 Å². The Labute approximate surface area is 239 Å². The van der Waals surface area contributed by atoms with Crippen molar-refractivity contribution >= 4 is 35.4 Å². The van der Waals surface area contributed by atoms with E-state index in [1.807, 2.05) is 18.3 Å². The number of aromatic nitrogens is 3. The normalized spacial score (nSPS) is 13.9. The van der Waals surface area contributed by atoms with Crippen LogP contribution in [0.5, 0.6) is 0 Å². The van der Waals surface area contributed by atoms with Crippen molar-refractivity contribution in [1.29, 1.82) is 0 Å². The summed E-state index contributed by atoms with van der Waals surface area (Å²) in [6.45, 7) is 6.17. The van der Waals surface area contributed by atoms with Gasteiger partial charge >= 0.3 is 5.97 Å². The second-order valence-corrected chi connectivity index (χ2v) is 10.4. The Morgan fingerprint density at radius 1 is 1.18 bits per heavy atom. The number of carbonyl (C=O) groups is 2. The highest BCUT2D eigenvalue weighted by molar-refractivity contribution is 5.96. The monoisotopic (exact) mass is 563 g/mol. The summed E-state index contributed by atoms with van der Waals surface area (Å²) in [4.78, 5) is 40.2. The molecule has 1 amide bonds. The zero-order valence-corrected chi connectivity index (χ0v) is 23.7. The molecule has 40 heavy (non-hydrogen) atoms. The summed E-state index contributed by atoms with van der Waals surface area (Å²) in [5, 5.41) is 18.6. The fourth-order valence-corrected chi connectivity index (χ4v) is 5.26. The van der Waals surface area contributed by atoms with Gasteiger partial charge in [-0.05, 0) is 66.8 Å². The van der Waals surface area contributed by atoms with Gasteiger partial charge in [0.25, 0.3) is 5.91 Å². The molecule has 0 unspecified atom stereocenters. The van der Waals surface area contributed by atoms with Gasteiger partial charge in [-0.15, -0.1) is 12.4 Å². The van der Waals surface area contributed by atoms with Crippen LogP contribution in [-0.4, -0.2) is 79.6 Å². The van der Waals surface area contributed by atoms with E-state index in [2.05, 4.69) is 33.9 Å². The number of carbonyl (C=O) groups excluding carboxylic acids is 1. The van der Waals surface area contributed by atoms with E-state index in [1.165, 1.54) is 21.6 Å². The highest BCUT2D eigenvalue weighted by atomic mass is 35.5. The van der Waals surface area contributed by atoms with E-state index in [1.54, 1.807) is 32.3 Å². The molecule has 0 saturated carbocycles. The lowest BCUT2D eigenvalue weighted by molar-refractivity contribution is -0.137. The van der Waals surface area contributed by atoms with Crippen LogP contribution in [0.2, 0.25) is 0 Å². The van der Waals surface area contributed by atoms with Crippen LogP contribution in [-0.2, 0) is 17.8 Å². The Hall–Kier alpha value is -3.79. The molecule has 2 aromatic heterocycles. The maximum Gasteiger partial charge on any atom is 0.304 e. The lowest BCUT2D eigenvalue weighted by atomic mass is 9.92. The number of aromatic amines is 1. The van der Waals surface area contributed by atoms with Crippen LogP contribution in [0.25, 0.3) is 33.5 Å². The van der Waals surface area contributed by atoms with Crippen LogP contribution in [0.3, 0.4) is 0 Å². The molecule has 0 saturated heterocycles. The number of amides is 1. The summed E-state index contributed by atoms with van der Waals surface area (Å²) in [6.07, 6.45) is 4.10. The van der Waals surface area contributed by atoms with Crippen molar-refractivity contribution in [2.24, 2.45) is 0 Å². The van der Waals surface area contributed by atoms with Crippen molar-refractivity contribution < 1.29 is 19.8 Å². The molecule has 5 rings (SSSR count). The molecule has 4 aromatic rings. The second-order valence-electron chi connectivity index (χ2n) is 10.4. The molecule has 3 heterocycles. The quantitative estimate of drug-likeness (QED) is 0.292. The lowest BCUT2D eigenvalue weighted by Gasteiger charge is -2.30. The van der Waals surface area contributed by atoms with Crippen molar-refractivity contribution in [1.82, 2.24) is 24.8 Å². The van der Waals surface area contributed by atoms with Crippen molar-refractivity contribution in [3.8, 4) is 22.4 Å². The first-order chi connectivity index (χ1) is 18.7. The van der Waals surface area contributed by atoms with Gasteiger partial charge in [-0.1, -0.05) is 12.1 Å². The minimum absolute atomic E-state index is 0. The minimum atomic E-state index is -0.768. The van der Waals surface area contributed by atoms with Crippen LogP contribution in [0, 0.1) is 6.92 Å². The van der Waals surface area contributed by atoms with E-state index >= 15 is 0 Å². The highest BCUT2D eigenvalue weighted by Gasteiger charge is 2.21. The lowest BCUT2D eigenvalue weighted by Crippen LogP contribution is -2.32. The van der Waals surface area contributed by atoms with E-state index in [4.69, 9.17) is 10.1 Å². The molecule has 0 fully saturated rings. The van der Waals surface area contributed by atoms with Crippen molar-refractivity contribution in [3.63, 3.8) is 0 Å². The van der Waals surface area contributed by atoms with Crippen LogP contribution in [0.15, 0.2) is 48.8 Å². The summed E-state index contributed by atoms with van der Waals surface area (Å²) >= 11 is 0. The molecule has 1 aliphatic rings. The number of aliphatic carboxylic acids is 1. The molecule has 0 radical (unpaired) electrons. The van der Waals surface area contributed by atoms with E-state index in [-0.39, 0.29) is 31.3 Å². The molecule has 3 N–H and O–H groups in total. The number of rotatable bonds is 8. The SMILES string of the molecule is Cc1cc(-c2cnc3[nH]cc(-c4ccc(C(=O)N(C)C[C@H](C)O)cc4)c3n2)cc2c1CN(CCC(=O)O)CC2.Cl. The Morgan fingerprint density at radius 3 is 2.62 bits per heavy atom. The first-order valence-electron chi connectivity index (χ1n) is 13.1. The van der Waals surface area contributed by atoms with Crippen molar-refractivity contribution in [3.05, 3.63) is 71.0 Å². The number of aryl methyl sites for hydroxylation is 1. The van der Waals surface area contributed by atoms with Crippen molar-refractivity contribution in [2.45, 2.75) is 39.3 Å². The van der Waals surface area contributed by atoms with Gasteiger partial charge in [-0.25, -0.2) is 9.97 Å². The molecule has 0 bridgehead atoms.